The van der Waals surface area contributed by atoms with Crippen LogP contribution in [0.1, 0.15) is 12.8 Å². The molecule has 0 aromatic heterocycles. The van der Waals surface area contributed by atoms with Crippen molar-refractivity contribution < 1.29 is 19.8 Å². The monoisotopic (exact) mass is 187 g/mol. The second kappa shape index (κ2) is 6.19. The number of nitrogens with one attached hydrogen (secondary N) is 1. The molecule has 0 heterocycles. The average Bonchev–Trinajstić information content (AvgIpc) is 2.04. The summed E-state index contributed by atoms with van der Waals surface area (Å²) in [4.78, 5) is 21.4. The van der Waals surface area contributed by atoms with Gasteiger partial charge in [0.2, 0.25) is 5.91 Å². The molecule has 0 aromatic carbocycles. The van der Waals surface area contributed by atoms with Crippen LogP contribution in [0.25, 0.3) is 0 Å². The second-order valence-electron chi connectivity index (χ2n) is 2.46. The number of hydrogen-bond acceptors (Lipinski definition) is 3. The van der Waals surface area contributed by atoms with Gasteiger partial charge in [0.25, 0.3) is 0 Å². The van der Waals surface area contributed by atoms with Gasteiger partial charge in [0.1, 0.15) is 6.04 Å². The normalized spacial score (nSPS) is 11.8. The van der Waals surface area contributed by atoms with Crippen molar-refractivity contribution in [2.75, 3.05) is 6.61 Å². The van der Waals surface area contributed by atoms with Crippen molar-refractivity contribution in [3.05, 3.63) is 12.7 Å². The summed E-state index contributed by atoms with van der Waals surface area (Å²) in [6.07, 6.45) is 1.47. The van der Waals surface area contributed by atoms with Crippen molar-refractivity contribution in [2.24, 2.45) is 0 Å². The van der Waals surface area contributed by atoms with E-state index in [1.54, 1.807) is 0 Å². The Labute approximate surface area is 76.1 Å². The number of amides is 1. The number of aliphatic hydroxyl groups excluding tert-OH is 1. The Morgan fingerprint density at radius 1 is 1.54 bits per heavy atom. The zero-order chi connectivity index (χ0) is 10.3. The van der Waals surface area contributed by atoms with E-state index in [2.05, 4.69) is 11.9 Å². The van der Waals surface area contributed by atoms with Gasteiger partial charge in [-0.05, 0) is 0 Å². The number of rotatable bonds is 6. The fourth-order valence-electron chi connectivity index (χ4n) is 0.771. The largest absolute Gasteiger partial charge is 0.480 e. The summed E-state index contributed by atoms with van der Waals surface area (Å²) in [5, 5.41) is 19.3. The number of carboxylic acids is 1. The summed E-state index contributed by atoms with van der Waals surface area (Å²) in [7, 11) is 0. The highest BCUT2D eigenvalue weighted by molar-refractivity contribution is 5.84. The smallest absolute Gasteiger partial charge is 0.326 e. The molecule has 74 valence electrons. The minimum Gasteiger partial charge on any atom is -0.480 e. The predicted octanol–water partition coefficient (Wildman–Crippen LogP) is -0.486. The van der Waals surface area contributed by atoms with Crippen LogP contribution in [0.15, 0.2) is 12.7 Å². The molecule has 0 aliphatic heterocycles. The third kappa shape index (κ3) is 4.97. The van der Waals surface area contributed by atoms with E-state index in [0.717, 1.165) is 0 Å². The van der Waals surface area contributed by atoms with Crippen LogP contribution in [-0.2, 0) is 9.59 Å². The van der Waals surface area contributed by atoms with Crippen LogP contribution in [0.2, 0.25) is 0 Å². The number of carbonyl (C=O) groups excluding carboxylic acids is 1. The first-order chi connectivity index (χ1) is 6.11. The average molecular weight is 187 g/mol. The summed E-state index contributed by atoms with van der Waals surface area (Å²) in [5.74, 6) is -1.55. The van der Waals surface area contributed by atoms with Gasteiger partial charge in [-0.15, -0.1) is 6.58 Å². The maximum Gasteiger partial charge on any atom is 0.326 e. The molecule has 0 rings (SSSR count). The Morgan fingerprint density at radius 3 is 2.54 bits per heavy atom. The first-order valence-corrected chi connectivity index (χ1v) is 3.85. The van der Waals surface area contributed by atoms with Crippen molar-refractivity contribution in [3.63, 3.8) is 0 Å². The minimum absolute atomic E-state index is 0.0121. The molecular formula is C8H13NO4. The molecule has 13 heavy (non-hydrogen) atoms. The Morgan fingerprint density at radius 2 is 2.15 bits per heavy atom. The van der Waals surface area contributed by atoms with E-state index >= 15 is 0 Å². The minimum atomic E-state index is -1.15. The fraction of sp³-hybridized carbons (Fsp3) is 0.500. The van der Waals surface area contributed by atoms with Crippen molar-refractivity contribution in [1.29, 1.82) is 0 Å². The quantitative estimate of drug-likeness (QED) is 0.490. The Bertz CT molecular complexity index is 202. The van der Waals surface area contributed by atoms with Crippen molar-refractivity contribution in [3.8, 4) is 0 Å². The van der Waals surface area contributed by atoms with E-state index in [4.69, 9.17) is 10.2 Å². The Kier molecular flexibility index (Phi) is 5.54. The van der Waals surface area contributed by atoms with Gasteiger partial charge < -0.3 is 15.5 Å². The SMILES string of the molecule is C=CCC(=O)N[C@@H](CCO)C(=O)O. The molecule has 0 aliphatic rings. The number of aliphatic hydroxyl groups is 1. The summed E-state index contributed by atoms with van der Waals surface area (Å²) in [6, 6.07) is -1.02. The molecule has 5 nitrogen and oxygen atoms in total. The number of hydrogen-bond donors (Lipinski definition) is 3. The maximum absolute atomic E-state index is 10.9. The Hall–Kier alpha value is -1.36. The third-order valence-electron chi connectivity index (χ3n) is 1.38. The van der Waals surface area contributed by atoms with E-state index in [0.29, 0.717) is 0 Å². The lowest BCUT2D eigenvalue weighted by molar-refractivity contribution is -0.142. The third-order valence-corrected chi connectivity index (χ3v) is 1.38. The summed E-state index contributed by atoms with van der Waals surface area (Å²) in [5.41, 5.74) is 0. The lowest BCUT2D eigenvalue weighted by Crippen LogP contribution is -2.41. The van der Waals surface area contributed by atoms with Crippen LogP contribution in [0.4, 0.5) is 0 Å². The molecule has 1 amide bonds. The van der Waals surface area contributed by atoms with E-state index in [-0.39, 0.29) is 19.4 Å². The van der Waals surface area contributed by atoms with E-state index < -0.39 is 17.9 Å². The Balaban J connectivity index is 4.01. The van der Waals surface area contributed by atoms with Crippen LogP contribution in [0.3, 0.4) is 0 Å². The van der Waals surface area contributed by atoms with Gasteiger partial charge in [0.15, 0.2) is 0 Å². The van der Waals surface area contributed by atoms with Crippen LogP contribution in [0, 0.1) is 0 Å². The number of carbonyl (C=O) groups is 2. The fourth-order valence-corrected chi connectivity index (χ4v) is 0.771. The molecule has 0 unspecified atom stereocenters. The second-order valence-corrected chi connectivity index (χ2v) is 2.46. The van der Waals surface area contributed by atoms with E-state index in [9.17, 15) is 9.59 Å². The molecule has 0 spiro atoms. The van der Waals surface area contributed by atoms with Gasteiger partial charge in [0.05, 0.1) is 0 Å². The van der Waals surface area contributed by atoms with Crippen LogP contribution < -0.4 is 5.32 Å². The van der Waals surface area contributed by atoms with Crippen molar-refractivity contribution in [2.45, 2.75) is 18.9 Å². The van der Waals surface area contributed by atoms with Crippen LogP contribution in [-0.4, -0.2) is 34.7 Å². The topological polar surface area (TPSA) is 86.6 Å². The van der Waals surface area contributed by atoms with Gasteiger partial charge in [-0.1, -0.05) is 6.08 Å². The molecule has 5 heteroatoms. The molecule has 0 radical (unpaired) electrons. The molecule has 1 atom stereocenters. The number of carboxylic acid groups (broad SMARTS) is 1. The van der Waals surface area contributed by atoms with Gasteiger partial charge in [0, 0.05) is 19.4 Å². The highest BCUT2D eigenvalue weighted by Gasteiger charge is 2.17. The molecule has 0 aliphatic carbocycles. The summed E-state index contributed by atoms with van der Waals surface area (Å²) in [6.45, 7) is 3.07. The van der Waals surface area contributed by atoms with E-state index in [1.165, 1.54) is 6.08 Å². The van der Waals surface area contributed by atoms with Gasteiger partial charge in [-0.2, -0.15) is 0 Å². The van der Waals surface area contributed by atoms with Crippen LogP contribution >= 0.6 is 0 Å². The lowest BCUT2D eigenvalue weighted by Gasteiger charge is -2.11. The molecular weight excluding hydrogens is 174 g/mol. The predicted molar refractivity (Wildman–Crippen MR) is 46.1 cm³/mol. The van der Waals surface area contributed by atoms with Crippen molar-refractivity contribution >= 4 is 11.9 Å². The molecule has 0 saturated carbocycles. The number of aliphatic carboxylic acids is 1. The van der Waals surface area contributed by atoms with Crippen molar-refractivity contribution in [1.82, 2.24) is 5.32 Å². The molecule has 0 saturated heterocycles. The highest BCUT2D eigenvalue weighted by atomic mass is 16.4. The maximum atomic E-state index is 10.9. The van der Waals surface area contributed by atoms with Crippen LogP contribution in [0.5, 0.6) is 0 Å². The van der Waals surface area contributed by atoms with Gasteiger partial charge >= 0.3 is 5.97 Å². The standard InChI is InChI=1S/C8H13NO4/c1-2-3-7(11)9-6(4-5-10)8(12)13/h2,6,10H,1,3-5H2,(H,9,11)(H,12,13)/t6-/m0/s1. The summed E-state index contributed by atoms with van der Waals surface area (Å²) < 4.78 is 0. The zero-order valence-electron chi connectivity index (χ0n) is 7.19. The summed E-state index contributed by atoms with van der Waals surface area (Å²) >= 11 is 0. The van der Waals surface area contributed by atoms with E-state index in [1.807, 2.05) is 0 Å². The lowest BCUT2D eigenvalue weighted by atomic mass is 10.2. The van der Waals surface area contributed by atoms with Gasteiger partial charge in [-0.25, -0.2) is 4.79 Å². The molecule has 0 bridgehead atoms. The highest BCUT2D eigenvalue weighted by Crippen LogP contribution is 1.92. The first kappa shape index (κ1) is 11.6. The molecule has 3 N–H and O–H groups in total. The first-order valence-electron chi connectivity index (χ1n) is 3.85. The zero-order valence-corrected chi connectivity index (χ0v) is 7.19. The van der Waals surface area contributed by atoms with Gasteiger partial charge in [-0.3, -0.25) is 4.79 Å². The molecule has 0 fully saturated rings. The molecule has 0 aromatic rings.